The Bertz CT molecular complexity index is 874. The molecule has 3 rings (SSSR count). The molecule has 1 heterocycles. The minimum atomic E-state index is -0.534. The average Bonchev–Trinajstić information content (AvgIpc) is 2.54. The molecule has 0 N–H and O–H groups in total. The molecule has 4 heteroatoms. The Morgan fingerprint density at radius 3 is 2.50 bits per heavy atom. The molecule has 110 valence electrons. The molecule has 0 saturated carbocycles. The van der Waals surface area contributed by atoms with Crippen molar-refractivity contribution in [2.45, 2.75) is 6.92 Å². The lowest BCUT2D eigenvalue weighted by Gasteiger charge is -2.13. The number of ether oxygens (including phenoxy) is 1. The van der Waals surface area contributed by atoms with E-state index in [1.165, 1.54) is 19.2 Å². The van der Waals surface area contributed by atoms with Gasteiger partial charge in [0.15, 0.2) is 5.69 Å². The summed E-state index contributed by atoms with van der Waals surface area (Å²) in [6, 6.07) is 13.7. The van der Waals surface area contributed by atoms with Gasteiger partial charge in [0.2, 0.25) is 0 Å². The number of pyridine rings is 1. The highest BCUT2D eigenvalue weighted by Gasteiger charge is 2.20. The molecular formula is C18H14FNO2. The van der Waals surface area contributed by atoms with E-state index in [0.29, 0.717) is 11.1 Å². The van der Waals surface area contributed by atoms with E-state index in [9.17, 15) is 9.18 Å². The summed E-state index contributed by atoms with van der Waals surface area (Å²) in [5, 5.41) is 1.77. The number of aryl methyl sites for hydroxylation is 1. The molecule has 0 aliphatic heterocycles. The van der Waals surface area contributed by atoms with Gasteiger partial charge in [0.1, 0.15) is 5.82 Å². The zero-order valence-electron chi connectivity index (χ0n) is 12.3. The summed E-state index contributed by atoms with van der Waals surface area (Å²) < 4.78 is 18.4. The number of carbonyl (C=O) groups excluding carboxylic acids is 1. The molecule has 0 aliphatic rings. The van der Waals surface area contributed by atoms with E-state index < -0.39 is 5.97 Å². The van der Waals surface area contributed by atoms with Crippen molar-refractivity contribution in [3.8, 4) is 11.1 Å². The van der Waals surface area contributed by atoms with Gasteiger partial charge in [-0.05, 0) is 30.0 Å². The van der Waals surface area contributed by atoms with Gasteiger partial charge >= 0.3 is 5.97 Å². The third-order valence-corrected chi connectivity index (χ3v) is 3.59. The highest BCUT2D eigenvalue weighted by molar-refractivity contribution is 6.07. The third kappa shape index (κ3) is 2.33. The minimum Gasteiger partial charge on any atom is -0.464 e. The topological polar surface area (TPSA) is 39.2 Å². The lowest BCUT2D eigenvalue weighted by atomic mass is 9.96. The van der Waals surface area contributed by atoms with Crippen LogP contribution in [0.2, 0.25) is 0 Å². The van der Waals surface area contributed by atoms with Gasteiger partial charge in [-0.2, -0.15) is 0 Å². The fraction of sp³-hybridized carbons (Fsp3) is 0.111. The fourth-order valence-electron chi connectivity index (χ4n) is 2.61. The van der Waals surface area contributed by atoms with Gasteiger partial charge in [-0.3, -0.25) is 0 Å². The summed E-state index contributed by atoms with van der Waals surface area (Å²) in [5.41, 5.74) is 2.12. The molecule has 0 unspecified atom stereocenters. The predicted octanol–water partition coefficient (Wildman–Crippen LogP) is 4.14. The molecule has 22 heavy (non-hydrogen) atoms. The molecule has 0 aliphatic carbocycles. The Kier molecular flexibility index (Phi) is 3.59. The largest absolute Gasteiger partial charge is 0.464 e. The van der Waals surface area contributed by atoms with Gasteiger partial charge in [0, 0.05) is 16.6 Å². The van der Waals surface area contributed by atoms with E-state index in [4.69, 9.17) is 4.74 Å². The molecule has 0 radical (unpaired) electrons. The van der Waals surface area contributed by atoms with Crippen molar-refractivity contribution < 1.29 is 13.9 Å². The molecule has 1 aromatic heterocycles. The number of halogens is 1. The summed E-state index contributed by atoms with van der Waals surface area (Å²) in [6.45, 7) is 1.84. The van der Waals surface area contributed by atoms with Crippen molar-refractivity contribution >= 4 is 16.7 Å². The van der Waals surface area contributed by atoms with Crippen LogP contribution in [-0.2, 0) is 4.74 Å². The van der Waals surface area contributed by atoms with Crippen LogP contribution in [0, 0.1) is 12.7 Å². The maximum Gasteiger partial charge on any atom is 0.357 e. The summed E-state index contributed by atoms with van der Waals surface area (Å²) >= 11 is 0. The van der Waals surface area contributed by atoms with Crippen molar-refractivity contribution in [3.63, 3.8) is 0 Å². The van der Waals surface area contributed by atoms with Crippen LogP contribution in [0.4, 0.5) is 4.39 Å². The summed E-state index contributed by atoms with van der Waals surface area (Å²) in [4.78, 5) is 16.5. The molecule has 0 bridgehead atoms. The first-order valence-corrected chi connectivity index (χ1v) is 6.85. The number of nitrogens with zero attached hydrogens (tertiary/aromatic N) is 1. The second kappa shape index (κ2) is 5.56. The Morgan fingerprint density at radius 2 is 1.82 bits per heavy atom. The number of carbonyl (C=O) groups is 1. The summed E-state index contributed by atoms with van der Waals surface area (Å²) in [6.07, 6.45) is 0. The van der Waals surface area contributed by atoms with E-state index in [1.807, 2.05) is 31.2 Å². The second-order valence-electron chi connectivity index (χ2n) is 4.97. The lowest BCUT2D eigenvalue weighted by molar-refractivity contribution is 0.0595. The normalized spacial score (nSPS) is 10.7. The smallest absolute Gasteiger partial charge is 0.357 e. The second-order valence-corrected chi connectivity index (χ2v) is 4.97. The van der Waals surface area contributed by atoms with Crippen LogP contribution in [0.3, 0.4) is 0 Å². The number of hydrogen-bond acceptors (Lipinski definition) is 3. The summed E-state index contributed by atoms with van der Waals surface area (Å²) in [5.74, 6) is -0.897. The predicted molar refractivity (Wildman–Crippen MR) is 83.2 cm³/mol. The van der Waals surface area contributed by atoms with Gasteiger partial charge in [0.25, 0.3) is 0 Å². The first kappa shape index (κ1) is 14.2. The van der Waals surface area contributed by atoms with Crippen molar-refractivity contribution in [1.82, 2.24) is 4.98 Å². The number of esters is 1. The molecular weight excluding hydrogens is 281 g/mol. The van der Waals surface area contributed by atoms with E-state index in [-0.39, 0.29) is 11.5 Å². The van der Waals surface area contributed by atoms with E-state index in [1.54, 1.807) is 12.1 Å². The number of hydrogen-bond donors (Lipinski definition) is 0. The van der Waals surface area contributed by atoms with Crippen LogP contribution in [-0.4, -0.2) is 18.1 Å². The maximum atomic E-state index is 13.6. The molecule has 0 fully saturated rings. The van der Waals surface area contributed by atoms with E-state index in [2.05, 4.69) is 4.98 Å². The van der Waals surface area contributed by atoms with Crippen LogP contribution < -0.4 is 0 Å². The van der Waals surface area contributed by atoms with Gasteiger partial charge in [0.05, 0.1) is 7.11 Å². The lowest BCUT2D eigenvalue weighted by Crippen LogP contribution is -2.08. The monoisotopic (exact) mass is 295 g/mol. The molecule has 0 spiro atoms. The summed E-state index contributed by atoms with van der Waals surface area (Å²) in [7, 11) is 1.31. The van der Waals surface area contributed by atoms with Gasteiger partial charge < -0.3 is 4.74 Å². The van der Waals surface area contributed by atoms with Crippen molar-refractivity contribution in [2.75, 3.05) is 7.11 Å². The van der Waals surface area contributed by atoms with Crippen LogP contribution in [0.1, 0.15) is 16.2 Å². The molecule has 2 aromatic carbocycles. The van der Waals surface area contributed by atoms with Crippen molar-refractivity contribution in [1.29, 1.82) is 0 Å². The molecule has 3 nitrogen and oxygen atoms in total. The van der Waals surface area contributed by atoms with Crippen LogP contribution >= 0.6 is 0 Å². The molecule has 0 saturated heterocycles. The highest BCUT2D eigenvalue weighted by Crippen LogP contribution is 2.33. The van der Waals surface area contributed by atoms with Gasteiger partial charge in [-0.1, -0.05) is 36.4 Å². The van der Waals surface area contributed by atoms with Crippen LogP contribution in [0.5, 0.6) is 0 Å². The van der Waals surface area contributed by atoms with Crippen LogP contribution in [0.25, 0.3) is 21.9 Å². The molecule has 3 aromatic rings. The first-order valence-electron chi connectivity index (χ1n) is 6.85. The number of aromatic nitrogens is 1. The zero-order chi connectivity index (χ0) is 15.7. The van der Waals surface area contributed by atoms with Crippen molar-refractivity contribution in [2.24, 2.45) is 0 Å². The van der Waals surface area contributed by atoms with E-state index in [0.717, 1.165) is 16.5 Å². The fourth-order valence-corrected chi connectivity index (χ4v) is 2.61. The Balaban J connectivity index is 2.44. The number of rotatable bonds is 2. The van der Waals surface area contributed by atoms with Gasteiger partial charge in [-0.25, -0.2) is 14.2 Å². The molecule has 0 atom stereocenters. The highest BCUT2D eigenvalue weighted by atomic mass is 19.1. The van der Waals surface area contributed by atoms with Gasteiger partial charge in [-0.15, -0.1) is 0 Å². The first-order chi connectivity index (χ1) is 10.6. The maximum absolute atomic E-state index is 13.6. The minimum absolute atomic E-state index is 0.198. The Morgan fingerprint density at radius 1 is 1.09 bits per heavy atom. The third-order valence-electron chi connectivity index (χ3n) is 3.59. The quantitative estimate of drug-likeness (QED) is 0.667. The zero-order valence-corrected chi connectivity index (χ0v) is 12.3. The van der Waals surface area contributed by atoms with E-state index >= 15 is 0 Å². The SMILES string of the molecule is COC(=O)c1nc(C)c2ccccc2c1-c1cccc(F)c1. The molecule has 0 amide bonds. The number of fused-ring (bicyclic) bond motifs is 1. The van der Waals surface area contributed by atoms with Crippen molar-refractivity contribution in [3.05, 3.63) is 65.7 Å². The standard InChI is InChI=1S/C18H14FNO2/c1-11-14-8-3-4-9-15(14)16(17(20-11)18(21)22-2)12-6-5-7-13(19)10-12/h3-10H,1-2H3. The Hall–Kier alpha value is -2.75. The average molecular weight is 295 g/mol. The van der Waals surface area contributed by atoms with Crippen LogP contribution in [0.15, 0.2) is 48.5 Å². The number of methoxy groups -OCH3 is 1. The number of benzene rings is 2. The Labute approximate surface area is 127 Å².